The van der Waals surface area contributed by atoms with Gasteiger partial charge in [-0.25, -0.2) is 4.98 Å². The number of H-pyrrole nitrogens is 2. The third-order valence-corrected chi connectivity index (χ3v) is 5.28. The van der Waals surface area contributed by atoms with E-state index >= 15 is 0 Å². The largest absolute Gasteiger partial charge is 0.361 e. The number of aromatic amines is 2. The molecule has 4 aromatic rings. The molecule has 5 heteroatoms. The van der Waals surface area contributed by atoms with Crippen molar-refractivity contribution in [3.63, 3.8) is 0 Å². The molecule has 4 nitrogen and oxygen atoms in total. The molecule has 0 bridgehead atoms. The number of imidazole rings is 1. The maximum atomic E-state index is 6.34. The standard InChI is InChI=1S/C19H17ClN4/c20-15-9-13(10-17-14(15)6-7-21-17)22-19-23-16-5-4-12(8-18(16)24-19)11-2-1-3-11/h4-11,21H,1-3H2,(H2,22,23,24). The first-order valence-electron chi connectivity index (χ1n) is 8.29. The number of nitrogens with one attached hydrogen (secondary N) is 3. The van der Waals surface area contributed by atoms with E-state index in [-0.39, 0.29) is 0 Å². The molecule has 0 spiro atoms. The van der Waals surface area contributed by atoms with Crippen LogP contribution in [0.3, 0.4) is 0 Å². The number of anilines is 2. The van der Waals surface area contributed by atoms with Crippen molar-refractivity contribution in [1.82, 2.24) is 15.0 Å². The minimum Gasteiger partial charge on any atom is -0.361 e. The molecule has 1 saturated carbocycles. The van der Waals surface area contributed by atoms with Crippen molar-refractivity contribution in [2.75, 3.05) is 5.32 Å². The Morgan fingerprint density at radius 3 is 2.83 bits per heavy atom. The zero-order chi connectivity index (χ0) is 16.1. The van der Waals surface area contributed by atoms with E-state index in [0.717, 1.165) is 44.5 Å². The lowest BCUT2D eigenvalue weighted by molar-refractivity contribution is 0.420. The Morgan fingerprint density at radius 2 is 2.00 bits per heavy atom. The third-order valence-electron chi connectivity index (χ3n) is 4.96. The van der Waals surface area contributed by atoms with Gasteiger partial charge < -0.3 is 15.3 Å². The number of fused-ring (bicyclic) bond motifs is 2. The van der Waals surface area contributed by atoms with Crippen LogP contribution in [0.1, 0.15) is 30.7 Å². The van der Waals surface area contributed by atoms with Gasteiger partial charge in [0.15, 0.2) is 0 Å². The Hall–Kier alpha value is -2.46. The van der Waals surface area contributed by atoms with Crippen molar-refractivity contribution >= 4 is 45.2 Å². The predicted molar refractivity (Wildman–Crippen MR) is 99.3 cm³/mol. The molecule has 0 saturated heterocycles. The maximum Gasteiger partial charge on any atom is 0.205 e. The Bertz CT molecular complexity index is 1040. The Morgan fingerprint density at radius 1 is 1.08 bits per heavy atom. The van der Waals surface area contributed by atoms with E-state index in [4.69, 9.17) is 11.6 Å². The molecule has 2 aromatic carbocycles. The van der Waals surface area contributed by atoms with Crippen molar-refractivity contribution in [3.05, 3.63) is 53.2 Å². The summed E-state index contributed by atoms with van der Waals surface area (Å²) in [5.41, 5.74) is 5.39. The molecule has 0 unspecified atom stereocenters. The number of hydrogen-bond donors (Lipinski definition) is 3. The van der Waals surface area contributed by atoms with Crippen LogP contribution in [0.25, 0.3) is 21.9 Å². The Kier molecular flexibility index (Phi) is 3.06. The van der Waals surface area contributed by atoms with Gasteiger partial charge >= 0.3 is 0 Å². The van der Waals surface area contributed by atoms with Gasteiger partial charge in [0, 0.05) is 22.8 Å². The Labute approximate surface area is 144 Å². The van der Waals surface area contributed by atoms with E-state index in [2.05, 4.69) is 38.5 Å². The number of halogens is 1. The molecule has 3 N–H and O–H groups in total. The highest BCUT2D eigenvalue weighted by atomic mass is 35.5. The molecule has 24 heavy (non-hydrogen) atoms. The SMILES string of the molecule is Clc1cc(Nc2nc3ccc(C4CCC4)cc3[nH]2)cc2[nH]ccc12. The van der Waals surface area contributed by atoms with Crippen molar-refractivity contribution in [1.29, 1.82) is 0 Å². The first-order chi connectivity index (χ1) is 11.8. The molecule has 0 amide bonds. The van der Waals surface area contributed by atoms with Gasteiger partial charge in [0.05, 0.1) is 16.1 Å². The van der Waals surface area contributed by atoms with Crippen molar-refractivity contribution in [2.24, 2.45) is 0 Å². The van der Waals surface area contributed by atoms with E-state index in [1.807, 2.05) is 24.4 Å². The monoisotopic (exact) mass is 336 g/mol. The first kappa shape index (κ1) is 13.9. The van der Waals surface area contributed by atoms with Gasteiger partial charge in [0.1, 0.15) is 0 Å². The Balaban J connectivity index is 1.49. The van der Waals surface area contributed by atoms with Gasteiger partial charge in [-0.2, -0.15) is 0 Å². The number of hydrogen-bond acceptors (Lipinski definition) is 2. The van der Waals surface area contributed by atoms with E-state index < -0.39 is 0 Å². The normalized spacial score (nSPS) is 15.0. The molecule has 120 valence electrons. The van der Waals surface area contributed by atoms with E-state index in [9.17, 15) is 0 Å². The highest BCUT2D eigenvalue weighted by molar-refractivity contribution is 6.35. The minimum atomic E-state index is 0.722. The van der Waals surface area contributed by atoms with E-state index in [1.54, 1.807) is 0 Å². The first-order valence-corrected chi connectivity index (χ1v) is 8.67. The summed E-state index contributed by atoms with van der Waals surface area (Å²) in [7, 11) is 0. The van der Waals surface area contributed by atoms with Crippen LogP contribution in [0.15, 0.2) is 42.6 Å². The maximum absolute atomic E-state index is 6.34. The van der Waals surface area contributed by atoms with Crippen molar-refractivity contribution in [3.8, 4) is 0 Å². The fraction of sp³-hybridized carbons (Fsp3) is 0.211. The number of aromatic nitrogens is 3. The fourth-order valence-corrected chi connectivity index (χ4v) is 3.69. The summed E-state index contributed by atoms with van der Waals surface area (Å²) in [6.07, 6.45) is 5.85. The average molecular weight is 337 g/mol. The topological polar surface area (TPSA) is 56.5 Å². The summed E-state index contributed by atoms with van der Waals surface area (Å²) in [5, 5.41) is 5.07. The lowest BCUT2D eigenvalue weighted by atomic mass is 9.80. The third kappa shape index (κ3) is 2.26. The zero-order valence-corrected chi connectivity index (χ0v) is 13.8. The number of rotatable bonds is 3. The van der Waals surface area contributed by atoms with Crippen LogP contribution in [0.4, 0.5) is 11.6 Å². The molecule has 0 aliphatic heterocycles. The second-order valence-electron chi connectivity index (χ2n) is 6.51. The number of benzene rings is 2. The summed E-state index contributed by atoms with van der Waals surface area (Å²) in [4.78, 5) is 11.2. The van der Waals surface area contributed by atoms with E-state index in [1.165, 1.54) is 24.8 Å². The van der Waals surface area contributed by atoms with Gasteiger partial charge in [0.2, 0.25) is 5.95 Å². The van der Waals surface area contributed by atoms with Gasteiger partial charge in [-0.15, -0.1) is 0 Å². The molecule has 1 aliphatic rings. The predicted octanol–water partition coefficient (Wildman–Crippen LogP) is 5.71. The number of nitrogens with zero attached hydrogens (tertiary/aromatic N) is 1. The highest BCUT2D eigenvalue weighted by Gasteiger charge is 2.20. The molecule has 0 atom stereocenters. The lowest BCUT2D eigenvalue weighted by Crippen LogP contribution is -2.08. The van der Waals surface area contributed by atoms with Crippen LogP contribution in [0.2, 0.25) is 5.02 Å². The van der Waals surface area contributed by atoms with Gasteiger partial charge in [-0.3, -0.25) is 0 Å². The molecule has 2 heterocycles. The van der Waals surface area contributed by atoms with Crippen LogP contribution < -0.4 is 5.32 Å². The molecule has 0 radical (unpaired) electrons. The second kappa shape index (κ2) is 5.28. The van der Waals surface area contributed by atoms with Crippen molar-refractivity contribution in [2.45, 2.75) is 25.2 Å². The molecule has 2 aromatic heterocycles. The van der Waals surface area contributed by atoms with Crippen LogP contribution >= 0.6 is 11.6 Å². The van der Waals surface area contributed by atoms with Gasteiger partial charge in [-0.05, 0) is 54.7 Å². The summed E-state index contributed by atoms with van der Waals surface area (Å²) in [5.74, 6) is 1.46. The molecule has 1 aliphatic carbocycles. The molecular weight excluding hydrogens is 320 g/mol. The summed E-state index contributed by atoms with van der Waals surface area (Å²) in [6, 6.07) is 12.5. The average Bonchev–Trinajstić information content (AvgIpc) is 3.11. The van der Waals surface area contributed by atoms with Crippen LogP contribution in [0, 0.1) is 0 Å². The van der Waals surface area contributed by atoms with E-state index in [0.29, 0.717) is 0 Å². The van der Waals surface area contributed by atoms with Crippen molar-refractivity contribution < 1.29 is 0 Å². The highest BCUT2D eigenvalue weighted by Crippen LogP contribution is 2.37. The van der Waals surface area contributed by atoms with Crippen LogP contribution in [-0.2, 0) is 0 Å². The molecular formula is C19H17ClN4. The summed E-state index contributed by atoms with van der Waals surface area (Å²) < 4.78 is 0. The zero-order valence-electron chi connectivity index (χ0n) is 13.1. The summed E-state index contributed by atoms with van der Waals surface area (Å²) >= 11 is 6.34. The minimum absolute atomic E-state index is 0.722. The van der Waals surface area contributed by atoms with Gasteiger partial charge in [-0.1, -0.05) is 24.1 Å². The second-order valence-corrected chi connectivity index (χ2v) is 6.92. The van der Waals surface area contributed by atoms with Gasteiger partial charge in [0.25, 0.3) is 0 Å². The lowest BCUT2D eigenvalue weighted by Gasteiger charge is -2.25. The van der Waals surface area contributed by atoms with Crippen LogP contribution in [0.5, 0.6) is 0 Å². The van der Waals surface area contributed by atoms with Crippen LogP contribution in [-0.4, -0.2) is 15.0 Å². The molecule has 1 fully saturated rings. The molecule has 5 rings (SSSR count). The smallest absolute Gasteiger partial charge is 0.205 e. The summed E-state index contributed by atoms with van der Waals surface area (Å²) in [6.45, 7) is 0. The quantitative estimate of drug-likeness (QED) is 0.449. The fourth-order valence-electron chi connectivity index (χ4n) is 3.41.